The third kappa shape index (κ3) is 2.55. The largest absolute Gasteiger partial charge is 0.493 e. The molecule has 3 heterocycles. The Balaban J connectivity index is 1.55. The monoisotopic (exact) mass is 364 g/mol. The fourth-order valence-electron chi connectivity index (χ4n) is 2.88. The zero-order valence-electron chi connectivity index (χ0n) is 14.0. The Bertz CT molecular complexity index is 1090. The first-order chi connectivity index (χ1) is 13.3. The zero-order valence-corrected chi connectivity index (χ0v) is 14.0. The minimum atomic E-state index is 0.482. The predicted octanol–water partition coefficient (Wildman–Crippen LogP) is 2.39. The van der Waals surface area contributed by atoms with Crippen LogP contribution in [0, 0.1) is 0 Å². The van der Waals surface area contributed by atoms with Crippen LogP contribution in [0.25, 0.3) is 33.8 Å². The lowest BCUT2D eigenvalue weighted by Gasteiger charge is -2.07. The summed E-state index contributed by atoms with van der Waals surface area (Å²) in [5.41, 5.74) is 6.37. The van der Waals surface area contributed by atoms with Gasteiger partial charge in [-0.2, -0.15) is 5.21 Å². The molecule has 0 amide bonds. The molecule has 10 heteroatoms. The molecule has 0 spiro atoms. The van der Waals surface area contributed by atoms with E-state index in [1.165, 1.54) is 0 Å². The highest BCUT2D eigenvalue weighted by Crippen LogP contribution is 2.44. The first-order valence-corrected chi connectivity index (χ1v) is 7.93. The van der Waals surface area contributed by atoms with Crippen LogP contribution in [0.3, 0.4) is 0 Å². The van der Waals surface area contributed by atoms with Crippen molar-refractivity contribution in [3.63, 3.8) is 0 Å². The Hall–Kier alpha value is -3.92. The summed E-state index contributed by atoms with van der Waals surface area (Å²) in [6.45, 7) is 0. The van der Waals surface area contributed by atoms with Crippen molar-refractivity contribution in [3.05, 3.63) is 42.7 Å². The summed E-state index contributed by atoms with van der Waals surface area (Å²) in [6, 6.07) is 11.3. The SMILES string of the molecule is COc1cc(-c2nocc2-c2ccc(-c3nn[nH]n3)cc2)cc2c1ONO2. The van der Waals surface area contributed by atoms with Gasteiger partial charge in [-0.05, 0) is 22.9 Å². The molecule has 0 aliphatic carbocycles. The van der Waals surface area contributed by atoms with Gasteiger partial charge in [0.15, 0.2) is 5.75 Å². The molecule has 4 aromatic rings. The van der Waals surface area contributed by atoms with E-state index in [1.54, 1.807) is 19.4 Å². The minimum Gasteiger partial charge on any atom is -0.493 e. The normalized spacial score (nSPS) is 12.3. The number of aromatic amines is 1. The quantitative estimate of drug-likeness (QED) is 0.562. The molecule has 0 fully saturated rings. The van der Waals surface area contributed by atoms with E-state index in [0.29, 0.717) is 28.8 Å². The Kier molecular flexibility index (Phi) is 3.47. The molecule has 0 atom stereocenters. The number of rotatable bonds is 4. The van der Waals surface area contributed by atoms with Crippen molar-refractivity contribution < 1.29 is 18.9 Å². The fourth-order valence-corrected chi connectivity index (χ4v) is 2.88. The van der Waals surface area contributed by atoms with Gasteiger partial charge in [0.05, 0.1) is 7.11 Å². The average molecular weight is 364 g/mol. The van der Waals surface area contributed by atoms with Crippen LogP contribution in [0.5, 0.6) is 17.2 Å². The van der Waals surface area contributed by atoms with Crippen LogP contribution in [-0.4, -0.2) is 32.9 Å². The highest BCUT2D eigenvalue weighted by molar-refractivity contribution is 5.82. The van der Waals surface area contributed by atoms with Crippen LogP contribution in [0.15, 0.2) is 47.2 Å². The molecular weight excluding hydrogens is 352 g/mol. The maximum Gasteiger partial charge on any atom is 0.237 e. The smallest absolute Gasteiger partial charge is 0.237 e. The van der Waals surface area contributed by atoms with E-state index in [2.05, 4.69) is 31.4 Å². The van der Waals surface area contributed by atoms with Crippen LogP contribution in [0.4, 0.5) is 0 Å². The molecular formula is C17H12N6O4. The molecule has 2 N–H and O–H groups in total. The van der Waals surface area contributed by atoms with Crippen LogP contribution in [0.2, 0.25) is 0 Å². The molecule has 0 saturated carbocycles. The summed E-state index contributed by atoms with van der Waals surface area (Å²) < 4.78 is 10.6. The van der Waals surface area contributed by atoms with Crippen molar-refractivity contribution in [2.45, 2.75) is 0 Å². The molecule has 0 saturated heterocycles. The zero-order chi connectivity index (χ0) is 18.2. The van der Waals surface area contributed by atoms with E-state index in [1.807, 2.05) is 30.3 Å². The molecule has 1 aliphatic rings. The molecule has 134 valence electrons. The van der Waals surface area contributed by atoms with Gasteiger partial charge in [0, 0.05) is 22.3 Å². The van der Waals surface area contributed by atoms with Crippen LogP contribution in [-0.2, 0) is 0 Å². The Morgan fingerprint density at radius 2 is 1.85 bits per heavy atom. The molecule has 10 nitrogen and oxygen atoms in total. The highest BCUT2D eigenvalue weighted by Gasteiger charge is 2.24. The fraction of sp³-hybridized carbons (Fsp3) is 0.0588. The van der Waals surface area contributed by atoms with Gasteiger partial charge in [-0.1, -0.05) is 29.4 Å². The number of nitrogens with one attached hydrogen (secondary N) is 2. The second kappa shape index (κ2) is 6.11. The summed E-state index contributed by atoms with van der Waals surface area (Å²) >= 11 is 0. The van der Waals surface area contributed by atoms with E-state index in [-0.39, 0.29) is 0 Å². The Morgan fingerprint density at radius 3 is 2.63 bits per heavy atom. The number of hydrogen-bond acceptors (Lipinski definition) is 9. The number of methoxy groups -OCH3 is 1. The molecule has 27 heavy (non-hydrogen) atoms. The van der Waals surface area contributed by atoms with E-state index >= 15 is 0 Å². The van der Waals surface area contributed by atoms with Gasteiger partial charge in [0.25, 0.3) is 0 Å². The maximum absolute atomic E-state index is 5.37. The highest BCUT2D eigenvalue weighted by atomic mass is 16.9. The van der Waals surface area contributed by atoms with E-state index < -0.39 is 0 Å². The van der Waals surface area contributed by atoms with Gasteiger partial charge in [0.2, 0.25) is 17.3 Å². The summed E-state index contributed by atoms with van der Waals surface area (Å²) in [5, 5.41) is 18.1. The first kappa shape index (κ1) is 15.3. The van der Waals surface area contributed by atoms with Gasteiger partial charge < -0.3 is 18.9 Å². The summed E-state index contributed by atoms with van der Waals surface area (Å²) in [4.78, 5) is 10.4. The molecule has 0 radical (unpaired) electrons. The second-order valence-corrected chi connectivity index (χ2v) is 5.68. The number of aromatic nitrogens is 5. The predicted molar refractivity (Wildman–Crippen MR) is 91.5 cm³/mol. The van der Waals surface area contributed by atoms with E-state index in [4.69, 9.17) is 18.9 Å². The Labute approximate surface area is 151 Å². The third-order valence-electron chi connectivity index (χ3n) is 4.18. The van der Waals surface area contributed by atoms with Crippen LogP contribution >= 0.6 is 0 Å². The van der Waals surface area contributed by atoms with E-state index in [0.717, 1.165) is 22.3 Å². The lowest BCUT2D eigenvalue weighted by atomic mass is 10.00. The standard InChI is InChI=1S/C17H12N6O4/c1-24-13-6-11(7-14-16(13)27-23-26-14)15-12(8-25-20-15)9-2-4-10(5-3-9)17-18-21-22-19-17/h2-8,23H,1H3,(H,18,19,21,22). The number of hydrogen-bond donors (Lipinski definition) is 2. The van der Waals surface area contributed by atoms with Gasteiger partial charge >= 0.3 is 0 Å². The maximum atomic E-state index is 5.37. The second-order valence-electron chi connectivity index (χ2n) is 5.68. The molecule has 2 aromatic heterocycles. The number of nitrogens with zero attached hydrogens (tertiary/aromatic N) is 4. The molecule has 0 unspecified atom stereocenters. The number of benzene rings is 2. The van der Waals surface area contributed by atoms with Gasteiger partial charge in [-0.3, -0.25) is 0 Å². The van der Waals surface area contributed by atoms with Gasteiger partial charge in [-0.25, -0.2) is 0 Å². The molecule has 5 rings (SSSR count). The Morgan fingerprint density at radius 1 is 1.00 bits per heavy atom. The summed E-state index contributed by atoms with van der Waals surface area (Å²) in [7, 11) is 1.56. The van der Waals surface area contributed by atoms with Crippen LogP contribution < -0.4 is 20.1 Å². The molecule has 0 bridgehead atoms. The lowest BCUT2D eigenvalue weighted by molar-refractivity contribution is 0.0248. The first-order valence-electron chi connectivity index (χ1n) is 7.93. The van der Waals surface area contributed by atoms with Crippen molar-refractivity contribution >= 4 is 0 Å². The summed E-state index contributed by atoms with van der Waals surface area (Å²) in [5.74, 6) is 2.04. The van der Waals surface area contributed by atoms with Crippen LogP contribution in [0.1, 0.15) is 0 Å². The van der Waals surface area contributed by atoms with Crippen molar-refractivity contribution in [3.8, 4) is 51.0 Å². The van der Waals surface area contributed by atoms with Crippen molar-refractivity contribution in [1.82, 2.24) is 31.4 Å². The van der Waals surface area contributed by atoms with Gasteiger partial charge in [-0.15, -0.1) is 10.2 Å². The minimum absolute atomic E-state index is 0.482. The van der Waals surface area contributed by atoms with Crippen molar-refractivity contribution in [2.24, 2.45) is 0 Å². The number of H-pyrrole nitrogens is 1. The van der Waals surface area contributed by atoms with Crippen molar-refractivity contribution in [1.29, 1.82) is 0 Å². The summed E-state index contributed by atoms with van der Waals surface area (Å²) in [6.07, 6.45) is 1.59. The van der Waals surface area contributed by atoms with E-state index in [9.17, 15) is 0 Å². The number of tetrazole rings is 1. The number of fused-ring (bicyclic) bond motifs is 1. The van der Waals surface area contributed by atoms with Crippen molar-refractivity contribution in [2.75, 3.05) is 7.11 Å². The lowest BCUT2D eigenvalue weighted by Crippen LogP contribution is -2.14. The third-order valence-corrected chi connectivity index (χ3v) is 4.18. The average Bonchev–Trinajstić information content (AvgIpc) is 3.48. The van der Waals surface area contributed by atoms with Gasteiger partial charge in [0.1, 0.15) is 12.0 Å². The topological polar surface area (TPSA) is 120 Å². The number of ether oxygens (including phenoxy) is 1. The molecule has 1 aliphatic heterocycles. The molecule has 2 aromatic carbocycles.